The third kappa shape index (κ3) is 7.11. The molecule has 0 aromatic carbocycles. The first-order valence-corrected chi connectivity index (χ1v) is 5.17. The van der Waals surface area contributed by atoms with Gasteiger partial charge in [-0.2, -0.15) is 0 Å². The van der Waals surface area contributed by atoms with Crippen LogP contribution in [0.3, 0.4) is 0 Å². The summed E-state index contributed by atoms with van der Waals surface area (Å²) in [6.07, 6.45) is 4.77. The quantitative estimate of drug-likeness (QED) is 0.302. The summed E-state index contributed by atoms with van der Waals surface area (Å²) >= 11 is 5.45. The molecule has 1 amide bonds. The zero-order chi connectivity index (χ0) is 11.8. The van der Waals surface area contributed by atoms with Gasteiger partial charge in [-0.15, -0.1) is 11.6 Å². The number of hydrogen-bond acceptors (Lipinski definition) is 3. The van der Waals surface area contributed by atoms with E-state index in [0.29, 0.717) is 0 Å². The van der Waals surface area contributed by atoms with Gasteiger partial charge >= 0.3 is 0 Å². The van der Waals surface area contributed by atoms with Gasteiger partial charge in [-0.3, -0.25) is 9.59 Å². The molecule has 5 heteroatoms. The normalized spacial score (nSPS) is 13.3. The Morgan fingerprint density at radius 3 is 2.53 bits per heavy atom. The van der Waals surface area contributed by atoms with Crippen LogP contribution in [0.1, 0.15) is 12.8 Å². The maximum atomic E-state index is 11.2. The first-order valence-electron chi connectivity index (χ1n) is 4.73. The van der Waals surface area contributed by atoms with Crippen LogP contribution in [0.25, 0.3) is 0 Å². The smallest absolute Gasteiger partial charge is 0.243 e. The molecule has 2 N–H and O–H groups in total. The molecule has 0 radical (unpaired) electrons. The van der Waals surface area contributed by atoms with E-state index in [4.69, 9.17) is 17.3 Å². The van der Waals surface area contributed by atoms with Crippen molar-refractivity contribution < 1.29 is 9.59 Å². The largest absolute Gasteiger partial charge is 0.368 e. The first kappa shape index (κ1) is 14.1. The van der Waals surface area contributed by atoms with Gasteiger partial charge in [-0.25, -0.2) is 0 Å². The van der Waals surface area contributed by atoms with Crippen LogP contribution >= 0.6 is 11.6 Å². The number of alkyl halides is 1. The number of halogens is 1. The number of hydrogen-bond donors (Lipinski definition) is 1. The molecule has 0 aliphatic carbocycles. The molecular formula is C10H17ClN2O2. The van der Waals surface area contributed by atoms with Gasteiger partial charge in [-0.1, -0.05) is 6.08 Å². The summed E-state index contributed by atoms with van der Waals surface area (Å²) < 4.78 is 0. The maximum Gasteiger partial charge on any atom is 0.243 e. The number of carbonyl (C=O) groups excluding carboxylic acids is 2. The lowest BCUT2D eigenvalue weighted by atomic mass is 10.2. The van der Waals surface area contributed by atoms with E-state index in [-0.39, 0.29) is 0 Å². The fraction of sp³-hybridized carbons (Fsp3) is 0.600. The van der Waals surface area contributed by atoms with Gasteiger partial charge in [0.1, 0.15) is 0 Å². The van der Waals surface area contributed by atoms with E-state index in [1.807, 2.05) is 14.1 Å². The molecule has 0 saturated carbocycles. The van der Waals surface area contributed by atoms with Gasteiger partial charge in [0.15, 0.2) is 11.2 Å². The summed E-state index contributed by atoms with van der Waals surface area (Å²) in [6.45, 7) is 0.957. The molecule has 0 aliphatic heterocycles. The van der Waals surface area contributed by atoms with Crippen molar-refractivity contribution in [2.75, 3.05) is 20.6 Å². The lowest BCUT2D eigenvalue weighted by molar-refractivity contribution is -0.123. The highest BCUT2D eigenvalue weighted by Crippen LogP contribution is 1.99. The number of nitrogens with zero attached hydrogens (tertiary/aromatic N) is 1. The van der Waals surface area contributed by atoms with Gasteiger partial charge < -0.3 is 10.6 Å². The molecule has 0 aromatic rings. The molecule has 0 rings (SSSR count). The molecule has 0 aromatic heterocycles. The molecule has 1 atom stereocenters. The fourth-order valence-corrected chi connectivity index (χ4v) is 1.02. The third-order valence-electron chi connectivity index (χ3n) is 1.76. The van der Waals surface area contributed by atoms with Crippen LogP contribution in [0.5, 0.6) is 0 Å². The standard InChI is InChI=1S/C10H17ClN2O2/c1-13(2)7-5-3-4-6-8(14)9(11)10(12)15/h4,6,9H,3,5,7H2,1-2H3,(H2,12,15). The SMILES string of the molecule is CN(C)CCCC=CC(=O)C(Cl)C(N)=O. The van der Waals surface area contributed by atoms with Crippen LogP contribution < -0.4 is 5.73 Å². The number of nitrogens with two attached hydrogens (primary N) is 1. The summed E-state index contributed by atoms with van der Waals surface area (Å²) in [5.74, 6) is -1.26. The van der Waals surface area contributed by atoms with Crippen molar-refractivity contribution >= 4 is 23.3 Å². The highest BCUT2D eigenvalue weighted by molar-refractivity contribution is 6.43. The Labute approximate surface area is 95.1 Å². The molecular weight excluding hydrogens is 216 g/mol. The lowest BCUT2D eigenvalue weighted by Gasteiger charge is -2.06. The fourth-order valence-electron chi connectivity index (χ4n) is 0.950. The molecule has 0 aliphatic rings. The highest BCUT2D eigenvalue weighted by atomic mass is 35.5. The molecule has 1 unspecified atom stereocenters. The van der Waals surface area contributed by atoms with Crippen LogP contribution in [0, 0.1) is 0 Å². The second-order valence-corrected chi connectivity index (χ2v) is 3.95. The Hall–Kier alpha value is -0.870. The Morgan fingerprint density at radius 1 is 1.47 bits per heavy atom. The van der Waals surface area contributed by atoms with Crippen molar-refractivity contribution in [2.45, 2.75) is 18.2 Å². The van der Waals surface area contributed by atoms with Crippen LogP contribution in [-0.2, 0) is 9.59 Å². The van der Waals surface area contributed by atoms with Crippen molar-refractivity contribution in [3.05, 3.63) is 12.2 Å². The monoisotopic (exact) mass is 232 g/mol. The summed E-state index contributed by atoms with van der Waals surface area (Å²) in [6, 6.07) is 0. The molecule has 0 saturated heterocycles. The van der Waals surface area contributed by atoms with Crippen molar-refractivity contribution in [1.29, 1.82) is 0 Å². The van der Waals surface area contributed by atoms with Crippen LogP contribution in [0.15, 0.2) is 12.2 Å². The topological polar surface area (TPSA) is 63.4 Å². The molecule has 0 bridgehead atoms. The summed E-state index contributed by atoms with van der Waals surface area (Å²) in [5, 5.41) is -1.24. The molecule has 15 heavy (non-hydrogen) atoms. The predicted octanol–water partition coefficient (Wildman–Crippen LogP) is 0.546. The number of carbonyl (C=O) groups is 2. The minimum Gasteiger partial charge on any atom is -0.368 e. The van der Waals surface area contributed by atoms with E-state index in [1.54, 1.807) is 6.08 Å². The van der Waals surface area contributed by atoms with E-state index in [9.17, 15) is 9.59 Å². The minimum absolute atomic E-state index is 0.450. The number of rotatable bonds is 7. The maximum absolute atomic E-state index is 11.2. The number of amides is 1. The van der Waals surface area contributed by atoms with Crippen LogP contribution in [-0.4, -0.2) is 42.6 Å². The van der Waals surface area contributed by atoms with E-state index in [2.05, 4.69) is 4.90 Å². The van der Waals surface area contributed by atoms with Crippen molar-refractivity contribution in [3.8, 4) is 0 Å². The zero-order valence-electron chi connectivity index (χ0n) is 9.07. The number of ketones is 1. The summed E-state index contributed by atoms with van der Waals surface area (Å²) in [4.78, 5) is 23.8. The predicted molar refractivity (Wildman–Crippen MR) is 60.8 cm³/mol. The Morgan fingerprint density at radius 2 is 2.07 bits per heavy atom. The Bertz CT molecular complexity index is 252. The highest BCUT2D eigenvalue weighted by Gasteiger charge is 2.17. The summed E-state index contributed by atoms with van der Waals surface area (Å²) in [7, 11) is 3.97. The van der Waals surface area contributed by atoms with Crippen molar-refractivity contribution in [3.63, 3.8) is 0 Å². The molecule has 0 spiro atoms. The van der Waals surface area contributed by atoms with Crippen LogP contribution in [0.2, 0.25) is 0 Å². The average Bonchev–Trinajstić information content (AvgIpc) is 2.15. The van der Waals surface area contributed by atoms with Crippen LogP contribution in [0.4, 0.5) is 0 Å². The molecule has 4 nitrogen and oxygen atoms in total. The Kier molecular flexibility index (Phi) is 6.99. The molecule has 0 heterocycles. The zero-order valence-corrected chi connectivity index (χ0v) is 9.83. The van der Waals surface area contributed by atoms with Gasteiger partial charge in [0.2, 0.25) is 5.91 Å². The van der Waals surface area contributed by atoms with Gasteiger partial charge in [0, 0.05) is 0 Å². The first-order chi connectivity index (χ1) is 6.95. The van der Waals surface area contributed by atoms with Gasteiger partial charge in [0.25, 0.3) is 0 Å². The van der Waals surface area contributed by atoms with E-state index in [1.165, 1.54) is 6.08 Å². The Balaban J connectivity index is 3.77. The van der Waals surface area contributed by atoms with Gasteiger partial charge in [0.05, 0.1) is 0 Å². The van der Waals surface area contributed by atoms with Crippen molar-refractivity contribution in [2.24, 2.45) is 5.73 Å². The van der Waals surface area contributed by atoms with Gasteiger partial charge in [-0.05, 0) is 39.6 Å². The number of unbranched alkanes of at least 4 members (excludes halogenated alkanes) is 1. The molecule has 86 valence electrons. The van der Waals surface area contributed by atoms with E-state index >= 15 is 0 Å². The number of allylic oxidation sites excluding steroid dienone is 2. The molecule has 0 fully saturated rings. The average molecular weight is 233 g/mol. The minimum atomic E-state index is -1.24. The second kappa shape index (κ2) is 7.43. The third-order valence-corrected chi connectivity index (χ3v) is 2.19. The lowest BCUT2D eigenvalue weighted by Crippen LogP contribution is -2.29. The van der Waals surface area contributed by atoms with Crippen molar-refractivity contribution in [1.82, 2.24) is 4.90 Å². The summed E-state index contributed by atoms with van der Waals surface area (Å²) in [5.41, 5.74) is 4.87. The van der Waals surface area contributed by atoms with E-state index < -0.39 is 17.1 Å². The number of primary amides is 1. The van der Waals surface area contributed by atoms with E-state index in [0.717, 1.165) is 19.4 Å². The second-order valence-electron chi connectivity index (χ2n) is 3.52.